The lowest BCUT2D eigenvalue weighted by Gasteiger charge is -2.26. The Kier molecular flexibility index (Phi) is 3.73. The van der Waals surface area contributed by atoms with Crippen molar-refractivity contribution in [3.8, 4) is 0 Å². The van der Waals surface area contributed by atoms with Crippen LogP contribution in [0.3, 0.4) is 0 Å². The van der Waals surface area contributed by atoms with E-state index in [1.165, 1.54) is 12.8 Å². The molecule has 1 N–H and O–H groups in total. The van der Waals surface area contributed by atoms with Crippen LogP contribution in [0.15, 0.2) is 0 Å². The number of carbonyl (C=O) groups is 1. The highest BCUT2D eigenvalue weighted by molar-refractivity contribution is 5.77. The fourth-order valence-electron chi connectivity index (χ4n) is 2.54. The molecule has 0 aliphatic carbocycles. The van der Waals surface area contributed by atoms with Crippen molar-refractivity contribution in [1.29, 1.82) is 0 Å². The first-order chi connectivity index (χ1) is 7.94. The van der Waals surface area contributed by atoms with Crippen molar-refractivity contribution in [2.75, 3.05) is 19.7 Å². The molecule has 2 fully saturated rings. The van der Waals surface area contributed by atoms with E-state index >= 15 is 0 Å². The number of rotatable bonds is 2. The summed E-state index contributed by atoms with van der Waals surface area (Å²) in [6.45, 7) is 7.87. The Labute approximate surface area is 104 Å². The summed E-state index contributed by atoms with van der Waals surface area (Å²) in [6, 6.07) is 1.13. The minimum absolute atomic E-state index is 0.134. The van der Waals surface area contributed by atoms with Crippen molar-refractivity contribution >= 4 is 5.91 Å². The molecule has 0 spiro atoms. The second-order valence-corrected chi connectivity index (χ2v) is 6.17. The molecule has 4 nitrogen and oxygen atoms in total. The summed E-state index contributed by atoms with van der Waals surface area (Å²) >= 11 is 0. The Morgan fingerprint density at radius 2 is 2.00 bits per heavy atom. The number of amides is 1. The smallest absolute Gasteiger partial charge is 0.248 e. The van der Waals surface area contributed by atoms with E-state index in [4.69, 9.17) is 4.74 Å². The topological polar surface area (TPSA) is 41.6 Å². The zero-order valence-corrected chi connectivity index (χ0v) is 11.2. The molecule has 4 heteroatoms. The van der Waals surface area contributed by atoms with Crippen molar-refractivity contribution in [2.24, 2.45) is 0 Å². The third-order valence-electron chi connectivity index (χ3n) is 3.50. The number of carbonyl (C=O) groups excluding carboxylic acids is 1. The van der Waals surface area contributed by atoms with E-state index in [2.05, 4.69) is 5.32 Å². The van der Waals surface area contributed by atoms with Crippen molar-refractivity contribution < 1.29 is 9.53 Å². The summed E-state index contributed by atoms with van der Waals surface area (Å²) in [5.74, 6) is 0.134. The first kappa shape index (κ1) is 12.8. The maximum Gasteiger partial charge on any atom is 0.248 e. The zero-order chi connectivity index (χ0) is 12.5. The third-order valence-corrected chi connectivity index (χ3v) is 3.50. The SMILES string of the molecule is CC(C)(C)OCC(=O)N1CCC2CCC(C1)N2. The lowest BCUT2D eigenvalue weighted by Crippen LogP contribution is -2.41. The van der Waals surface area contributed by atoms with Gasteiger partial charge in [0, 0.05) is 25.2 Å². The van der Waals surface area contributed by atoms with Gasteiger partial charge >= 0.3 is 0 Å². The molecule has 2 aliphatic rings. The number of ether oxygens (including phenoxy) is 1. The molecule has 0 aromatic rings. The lowest BCUT2D eigenvalue weighted by molar-refractivity contribution is -0.141. The Hall–Kier alpha value is -0.610. The summed E-state index contributed by atoms with van der Waals surface area (Å²) in [5, 5.41) is 3.58. The largest absolute Gasteiger partial charge is 0.366 e. The van der Waals surface area contributed by atoms with Crippen LogP contribution in [0.4, 0.5) is 0 Å². The van der Waals surface area contributed by atoms with E-state index in [-0.39, 0.29) is 18.1 Å². The molecule has 2 atom stereocenters. The average Bonchev–Trinajstić information content (AvgIpc) is 2.54. The molecule has 2 bridgehead atoms. The molecule has 0 aromatic carbocycles. The van der Waals surface area contributed by atoms with Gasteiger partial charge in [-0.1, -0.05) is 0 Å². The molecular weight excluding hydrogens is 216 g/mol. The van der Waals surface area contributed by atoms with Crippen molar-refractivity contribution in [3.63, 3.8) is 0 Å². The highest BCUT2D eigenvalue weighted by atomic mass is 16.5. The van der Waals surface area contributed by atoms with Crippen LogP contribution in [0.5, 0.6) is 0 Å². The molecule has 2 saturated heterocycles. The maximum absolute atomic E-state index is 12.0. The van der Waals surface area contributed by atoms with Gasteiger partial charge in [0.15, 0.2) is 0 Å². The summed E-state index contributed by atoms with van der Waals surface area (Å²) in [4.78, 5) is 14.0. The number of nitrogens with one attached hydrogen (secondary N) is 1. The van der Waals surface area contributed by atoms with Gasteiger partial charge in [0.2, 0.25) is 5.91 Å². The summed E-state index contributed by atoms with van der Waals surface area (Å²) in [6.07, 6.45) is 3.55. The monoisotopic (exact) mass is 240 g/mol. The normalized spacial score (nSPS) is 29.2. The van der Waals surface area contributed by atoms with E-state index in [1.807, 2.05) is 25.7 Å². The van der Waals surface area contributed by atoms with Crippen LogP contribution < -0.4 is 5.32 Å². The van der Waals surface area contributed by atoms with Crippen molar-refractivity contribution in [2.45, 2.75) is 57.7 Å². The third kappa shape index (κ3) is 3.68. The number of hydrogen-bond donors (Lipinski definition) is 1. The molecule has 98 valence electrons. The molecule has 1 amide bonds. The first-order valence-corrected chi connectivity index (χ1v) is 6.62. The molecule has 0 saturated carbocycles. The number of likely N-dealkylation sites (tertiary alicyclic amines) is 1. The van der Waals surface area contributed by atoms with Crippen LogP contribution in [0.1, 0.15) is 40.0 Å². The van der Waals surface area contributed by atoms with Gasteiger partial charge in [-0.2, -0.15) is 0 Å². The van der Waals surface area contributed by atoms with Gasteiger partial charge in [-0.3, -0.25) is 4.79 Å². The van der Waals surface area contributed by atoms with Crippen LogP contribution in [0, 0.1) is 0 Å². The van der Waals surface area contributed by atoms with Crippen molar-refractivity contribution in [1.82, 2.24) is 10.2 Å². The van der Waals surface area contributed by atoms with Crippen molar-refractivity contribution in [3.05, 3.63) is 0 Å². The van der Waals surface area contributed by atoms with Gasteiger partial charge in [0.1, 0.15) is 6.61 Å². The molecular formula is C13H24N2O2. The minimum Gasteiger partial charge on any atom is -0.366 e. The van der Waals surface area contributed by atoms with Gasteiger partial charge in [-0.25, -0.2) is 0 Å². The van der Waals surface area contributed by atoms with E-state index < -0.39 is 0 Å². The molecule has 2 rings (SSSR count). The molecule has 0 radical (unpaired) electrons. The Balaban J connectivity index is 1.83. The Bertz CT molecular complexity index is 286. The second kappa shape index (κ2) is 4.94. The molecule has 2 aliphatic heterocycles. The fraction of sp³-hybridized carbons (Fsp3) is 0.923. The van der Waals surface area contributed by atoms with Crippen LogP contribution in [0.2, 0.25) is 0 Å². The van der Waals surface area contributed by atoms with Crippen LogP contribution in [-0.2, 0) is 9.53 Å². The fourth-order valence-corrected chi connectivity index (χ4v) is 2.54. The predicted octanol–water partition coefficient (Wildman–Crippen LogP) is 1.15. The van der Waals surface area contributed by atoms with Gasteiger partial charge < -0.3 is 15.0 Å². The highest BCUT2D eigenvalue weighted by Crippen LogP contribution is 2.20. The molecule has 17 heavy (non-hydrogen) atoms. The standard InChI is InChI=1S/C13H24N2O2/c1-13(2,3)17-9-12(16)15-7-6-10-4-5-11(8-15)14-10/h10-11,14H,4-9H2,1-3H3. The Morgan fingerprint density at radius 3 is 2.71 bits per heavy atom. The highest BCUT2D eigenvalue weighted by Gasteiger charge is 2.31. The Morgan fingerprint density at radius 1 is 1.29 bits per heavy atom. The summed E-state index contributed by atoms with van der Waals surface area (Å²) < 4.78 is 5.55. The quantitative estimate of drug-likeness (QED) is 0.787. The zero-order valence-electron chi connectivity index (χ0n) is 11.2. The van der Waals surface area contributed by atoms with E-state index in [0.29, 0.717) is 12.1 Å². The summed E-state index contributed by atoms with van der Waals surface area (Å²) in [7, 11) is 0. The minimum atomic E-state index is -0.237. The van der Waals surface area contributed by atoms with Gasteiger partial charge in [0.25, 0.3) is 0 Å². The summed E-state index contributed by atoms with van der Waals surface area (Å²) in [5.41, 5.74) is -0.237. The van der Waals surface area contributed by atoms with Gasteiger partial charge in [-0.05, 0) is 40.0 Å². The number of nitrogens with zero attached hydrogens (tertiary/aromatic N) is 1. The van der Waals surface area contributed by atoms with Crippen LogP contribution in [-0.4, -0.2) is 48.2 Å². The molecule has 2 unspecified atom stereocenters. The number of fused-ring (bicyclic) bond motifs is 2. The first-order valence-electron chi connectivity index (χ1n) is 6.62. The molecule has 0 aromatic heterocycles. The van der Waals surface area contributed by atoms with E-state index in [9.17, 15) is 4.79 Å². The maximum atomic E-state index is 12.0. The lowest BCUT2D eigenvalue weighted by atomic mass is 10.1. The second-order valence-electron chi connectivity index (χ2n) is 6.17. The number of hydrogen-bond acceptors (Lipinski definition) is 3. The van der Waals surface area contributed by atoms with E-state index in [0.717, 1.165) is 19.5 Å². The average molecular weight is 240 g/mol. The van der Waals surface area contributed by atoms with E-state index in [1.54, 1.807) is 0 Å². The van der Waals surface area contributed by atoms with Gasteiger partial charge in [-0.15, -0.1) is 0 Å². The van der Waals surface area contributed by atoms with Crippen LogP contribution >= 0.6 is 0 Å². The predicted molar refractivity (Wildman–Crippen MR) is 66.8 cm³/mol. The van der Waals surface area contributed by atoms with Crippen LogP contribution in [0.25, 0.3) is 0 Å². The molecule has 2 heterocycles. The van der Waals surface area contributed by atoms with Gasteiger partial charge in [0.05, 0.1) is 5.60 Å².